The number of carbonyl (C=O) groups is 1. The average Bonchev–Trinajstić information content (AvgIpc) is 3.22. The molecule has 4 rings (SSSR count). The second-order valence-corrected chi connectivity index (χ2v) is 8.15. The third kappa shape index (κ3) is 5.61. The van der Waals surface area contributed by atoms with Crippen LogP contribution in [-0.2, 0) is 6.54 Å². The quantitative estimate of drug-likeness (QED) is 0.247. The van der Waals surface area contributed by atoms with E-state index in [2.05, 4.69) is 19.9 Å². The molecular weight excluding hydrogens is 446 g/mol. The molecule has 168 valence electrons. The van der Waals surface area contributed by atoms with Gasteiger partial charge in [0.15, 0.2) is 16.8 Å². The lowest BCUT2D eigenvalue weighted by Gasteiger charge is -2.12. The highest BCUT2D eigenvalue weighted by atomic mass is 32.2. The summed E-state index contributed by atoms with van der Waals surface area (Å²) in [5, 5.41) is 9.17. The molecule has 0 atom stereocenters. The summed E-state index contributed by atoms with van der Waals surface area (Å²) in [7, 11) is 0. The van der Waals surface area contributed by atoms with E-state index in [1.165, 1.54) is 17.8 Å². The van der Waals surface area contributed by atoms with Crippen molar-refractivity contribution >= 4 is 17.5 Å². The normalized spacial score (nSPS) is 11.0. The van der Waals surface area contributed by atoms with Crippen LogP contribution in [0, 0.1) is 6.92 Å². The van der Waals surface area contributed by atoms with Crippen molar-refractivity contribution in [1.29, 1.82) is 0 Å². The number of ether oxygens (including phenoxy) is 1. The zero-order chi connectivity index (χ0) is 23.2. The zero-order valence-corrected chi connectivity index (χ0v) is 18.5. The molecule has 2 heterocycles. The molecular formula is C24H20F2N4O2S. The number of aromatic nitrogens is 4. The first kappa shape index (κ1) is 22.6. The van der Waals surface area contributed by atoms with Gasteiger partial charge in [0.25, 0.3) is 0 Å². The Kier molecular flexibility index (Phi) is 7.09. The number of alkyl halides is 2. The van der Waals surface area contributed by atoms with Crippen molar-refractivity contribution in [1.82, 2.24) is 19.7 Å². The van der Waals surface area contributed by atoms with Gasteiger partial charge in [-0.2, -0.15) is 8.78 Å². The van der Waals surface area contributed by atoms with Crippen LogP contribution in [0.3, 0.4) is 0 Å². The Hall–Kier alpha value is -3.59. The third-order valence-corrected chi connectivity index (χ3v) is 5.79. The molecule has 0 spiro atoms. The molecule has 4 aromatic rings. The van der Waals surface area contributed by atoms with E-state index in [-0.39, 0.29) is 22.8 Å². The van der Waals surface area contributed by atoms with Gasteiger partial charge in [-0.25, -0.2) is 0 Å². The summed E-state index contributed by atoms with van der Waals surface area (Å²) in [6.07, 6.45) is 3.35. The lowest BCUT2D eigenvalue weighted by molar-refractivity contribution is -0.0501. The number of carbonyl (C=O) groups excluding carboxylic acids is 1. The minimum atomic E-state index is -3.01. The molecule has 33 heavy (non-hydrogen) atoms. The predicted molar refractivity (Wildman–Crippen MR) is 122 cm³/mol. The van der Waals surface area contributed by atoms with Crippen LogP contribution in [0.4, 0.5) is 8.78 Å². The molecule has 0 saturated heterocycles. The van der Waals surface area contributed by atoms with E-state index in [4.69, 9.17) is 0 Å². The van der Waals surface area contributed by atoms with E-state index in [9.17, 15) is 13.6 Å². The van der Waals surface area contributed by atoms with Crippen LogP contribution in [0.25, 0.3) is 11.4 Å². The van der Waals surface area contributed by atoms with E-state index in [0.29, 0.717) is 17.5 Å². The summed E-state index contributed by atoms with van der Waals surface area (Å²) in [6, 6.07) is 18.1. The third-order valence-electron chi connectivity index (χ3n) is 4.82. The summed E-state index contributed by atoms with van der Waals surface area (Å²) in [5.74, 6) is 0.170. The van der Waals surface area contributed by atoms with Gasteiger partial charge in [-0.15, -0.1) is 10.2 Å². The SMILES string of the molecule is Cc1ccc(OC(F)F)c(C(=O)CSc2nnc(-c3ccncc3)n2Cc2ccccc2)c1. The molecule has 0 saturated carbocycles. The van der Waals surface area contributed by atoms with E-state index >= 15 is 0 Å². The lowest BCUT2D eigenvalue weighted by atomic mass is 10.1. The van der Waals surface area contributed by atoms with E-state index in [1.807, 2.05) is 47.0 Å². The number of Topliss-reactive ketones (excluding diaryl/α,β-unsaturated/α-hetero) is 1. The number of benzene rings is 2. The van der Waals surface area contributed by atoms with E-state index in [1.54, 1.807) is 31.5 Å². The number of nitrogens with zero attached hydrogens (tertiary/aromatic N) is 4. The second-order valence-electron chi connectivity index (χ2n) is 7.20. The predicted octanol–water partition coefficient (Wildman–Crippen LogP) is 5.27. The van der Waals surface area contributed by atoms with E-state index in [0.717, 1.165) is 16.7 Å². The van der Waals surface area contributed by atoms with Crippen molar-refractivity contribution in [3.05, 3.63) is 89.7 Å². The fraction of sp³-hybridized carbons (Fsp3) is 0.167. The Morgan fingerprint density at radius 3 is 2.55 bits per heavy atom. The summed E-state index contributed by atoms with van der Waals surface area (Å²) in [6.45, 7) is -0.719. The van der Waals surface area contributed by atoms with Crippen molar-refractivity contribution in [2.24, 2.45) is 0 Å². The number of ketones is 1. The van der Waals surface area contributed by atoms with Crippen LogP contribution < -0.4 is 4.74 Å². The number of pyridine rings is 1. The first-order valence-electron chi connectivity index (χ1n) is 10.1. The van der Waals surface area contributed by atoms with Crippen LogP contribution in [0.1, 0.15) is 21.5 Å². The van der Waals surface area contributed by atoms with E-state index < -0.39 is 6.61 Å². The molecule has 0 radical (unpaired) electrons. The summed E-state index contributed by atoms with van der Waals surface area (Å²) in [4.78, 5) is 17.0. The van der Waals surface area contributed by atoms with Crippen LogP contribution in [0.5, 0.6) is 5.75 Å². The Morgan fingerprint density at radius 1 is 1.06 bits per heavy atom. The Labute approximate surface area is 193 Å². The smallest absolute Gasteiger partial charge is 0.387 e. The maximum Gasteiger partial charge on any atom is 0.387 e. The molecule has 0 bridgehead atoms. The number of hydrogen-bond acceptors (Lipinski definition) is 6. The molecule has 2 aromatic carbocycles. The maximum absolute atomic E-state index is 12.9. The first-order valence-corrected chi connectivity index (χ1v) is 11.1. The topological polar surface area (TPSA) is 69.9 Å². The highest BCUT2D eigenvalue weighted by Gasteiger charge is 2.20. The standard InChI is InChI=1S/C24H20F2N4O2S/c1-16-7-8-21(32-23(25)26)19(13-16)20(31)15-33-24-29-28-22(18-9-11-27-12-10-18)30(24)14-17-5-3-2-4-6-17/h2-13,23H,14-15H2,1H3. The Balaban J connectivity index is 1.60. The Bertz CT molecular complexity index is 1230. The van der Waals surface area contributed by atoms with Crippen LogP contribution in [0.2, 0.25) is 0 Å². The minimum absolute atomic E-state index is 0.00762. The molecule has 0 N–H and O–H groups in total. The highest BCUT2D eigenvalue weighted by molar-refractivity contribution is 7.99. The molecule has 2 aromatic heterocycles. The summed E-state index contributed by atoms with van der Waals surface area (Å²) < 4.78 is 32.0. The minimum Gasteiger partial charge on any atom is -0.434 e. The van der Waals surface area contributed by atoms with Crippen LogP contribution >= 0.6 is 11.8 Å². The van der Waals surface area contributed by atoms with Crippen LogP contribution in [0.15, 0.2) is 78.2 Å². The molecule has 0 fully saturated rings. The molecule has 6 nitrogen and oxygen atoms in total. The number of halogens is 2. The number of rotatable bonds is 9. The van der Waals surface area contributed by atoms with Gasteiger partial charge in [0.05, 0.1) is 17.9 Å². The number of aryl methyl sites for hydroxylation is 1. The van der Waals surface area contributed by atoms with Crippen molar-refractivity contribution in [3.8, 4) is 17.1 Å². The zero-order valence-electron chi connectivity index (χ0n) is 17.7. The average molecular weight is 467 g/mol. The van der Waals surface area contributed by atoms with Gasteiger partial charge in [0.1, 0.15) is 5.75 Å². The van der Waals surface area contributed by atoms with Gasteiger partial charge in [-0.3, -0.25) is 14.3 Å². The molecule has 0 amide bonds. The van der Waals surface area contributed by atoms with Crippen molar-refractivity contribution in [2.75, 3.05) is 5.75 Å². The van der Waals surface area contributed by atoms with Crippen molar-refractivity contribution < 1.29 is 18.3 Å². The van der Waals surface area contributed by atoms with Gasteiger partial charge >= 0.3 is 6.61 Å². The molecule has 9 heteroatoms. The fourth-order valence-electron chi connectivity index (χ4n) is 3.29. The van der Waals surface area contributed by atoms with Crippen LogP contribution in [-0.4, -0.2) is 37.9 Å². The molecule has 0 aliphatic rings. The van der Waals surface area contributed by atoms with Gasteiger partial charge in [0.2, 0.25) is 0 Å². The van der Waals surface area contributed by atoms with Gasteiger partial charge in [-0.05, 0) is 36.8 Å². The van der Waals surface area contributed by atoms with Gasteiger partial charge in [-0.1, -0.05) is 53.7 Å². The number of thioether (sulfide) groups is 1. The largest absolute Gasteiger partial charge is 0.434 e. The first-order chi connectivity index (χ1) is 16.0. The van der Waals surface area contributed by atoms with Gasteiger partial charge < -0.3 is 4.74 Å². The fourth-order valence-corrected chi connectivity index (χ4v) is 4.11. The second kappa shape index (κ2) is 10.4. The molecule has 0 unspecified atom stereocenters. The highest BCUT2D eigenvalue weighted by Crippen LogP contribution is 2.28. The number of hydrogen-bond donors (Lipinski definition) is 0. The monoisotopic (exact) mass is 466 g/mol. The summed E-state index contributed by atoms with van der Waals surface area (Å²) >= 11 is 1.20. The maximum atomic E-state index is 12.9. The van der Waals surface area contributed by atoms with Crippen molar-refractivity contribution in [2.45, 2.75) is 25.2 Å². The van der Waals surface area contributed by atoms with Crippen molar-refractivity contribution in [3.63, 3.8) is 0 Å². The molecule has 0 aliphatic carbocycles. The Morgan fingerprint density at radius 2 is 1.82 bits per heavy atom. The molecule has 0 aliphatic heterocycles. The van der Waals surface area contributed by atoms with Gasteiger partial charge in [0, 0.05) is 18.0 Å². The summed E-state index contributed by atoms with van der Waals surface area (Å²) in [5.41, 5.74) is 2.79. The lowest BCUT2D eigenvalue weighted by Crippen LogP contribution is -2.11.